The smallest absolute Gasteiger partial charge is 0.309 e. The van der Waals surface area contributed by atoms with Gasteiger partial charge in [0.25, 0.3) is 0 Å². The maximum absolute atomic E-state index is 13.6. The van der Waals surface area contributed by atoms with E-state index in [-0.39, 0.29) is 29.8 Å². The number of benzene rings is 3. The number of carbonyl (C=O) groups excluding carboxylic acids is 2. The highest BCUT2D eigenvalue weighted by atomic mass is 16.2. The highest BCUT2D eigenvalue weighted by Gasteiger charge is 2.44. The molecular weight excluding hydrogens is 372 g/mol. The van der Waals surface area contributed by atoms with Gasteiger partial charge in [-0.1, -0.05) is 79.7 Å². The molecular formula is C26H26N2O2. The van der Waals surface area contributed by atoms with Crippen molar-refractivity contribution in [2.24, 2.45) is 5.92 Å². The Morgan fingerprint density at radius 1 is 0.900 bits per heavy atom. The molecule has 1 aliphatic heterocycles. The first-order chi connectivity index (χ1) is 14.5. The summed E-state index contributed by atoms with van der Waals surface area (Å²) in [6.45, 7) is 3.92. The zero-order valence-electron chi connectivity index (χ0n) is 17.3. The Morgan fingerprint density at radius 3 is 2.17 bits per heavy atom. The van der Waals surface area contributed by atoms with Crippen molar-refractivity contribution in [3.05, 3.63) is 102 Å². The number of likely N-dealkylation sites (tertiary alicyclic amines) is 1. The average molecular weight is 399 g/mol. The predicted octanol–water partition coefficient (Wildman–Crippen LogP) is 5.92. The maximum Gasteiger partial charge on any atom is 0.322 e. The van der Waals surface area contributed by atoms with Crippen molar-refractivity contribution in [3.63, 3.8) is 0 Å². The third-order valence-corrected chi connectivity index (χ3v) is 5.84. The van der Waals surface area contributed by atoms with E-state index in [2.05, 4.69) is 5.32 Å². The lowest BCUT2D eigenvalue weighted by Gasteiger charge is -2.45. The Morgan fingerprint density at radius 2 is 1.53 bits per heavy atom. The fraction of sp³-hybridized carbons (Fsp3) is 0.231. The van der Waals surface area contributed by atoms with Gasteiger partial charge in [0.1, 0.15) is 5.78 Å². The number of anilines is 1. The molecule has 1 heterocycles. The van der Waals surface area contributed by atoms with E-state index >= 15 is 0 Å². The molecule has 0 spiro atoms. The van der Waals surface area contributed by atoms with Crippen molar-refractivity contribution in [2.45, 2.75) is 32.4 Å². The van der Waals surface area contributed by atoms with Crippen molar-refractivity contribution in [3.8, 4) is 0 Å². The van der Waals surface area contributed by atoms with Crippen molar-refractivity contribution in [2.75, 3.05) is 5.32 Å². The molecule has 4 rings (SSSR count). The summed E-state index contributed by atoms with van der Waals surface area (Å²) >= 11 is 0. The van der Waals surface area contributed by atoms with Crippen LogP contribution in [0.4, 0.5) is 10.5 Å². The van der Waals surface area contributed by atoms with E-state index in [1.54, 1.807) is 0 Å². The number of carbonyl (C=O) groups is 2. The molecule has 30 heavy (non-hydrogen) atoms. The van der Waals surface area contributed by atoms with E-state index in [1.807, 2.05) is 104 Å². The second kappa shape index (κ2) is 8.54. The number of urea groups is 1. The Labute approximate surface area is 177 Å². The minimum absolute atomic E-state index is 0.178. The normalized spacial score (nSPS) is 21.3. The molecule has 0 unspecified atom stereocenters. The summed E-state index contributed by atoms with van der Waals surface area (Å²) in [4.78, 5) is 28.4. The lowest BCUT2D eigenvalue weighted by atomic mass is 9.80. The van der Waals surface area contributed by atoms with Crippen LogP contribution in [0.15, 0.2) is 84.9 Å². The Hall–Kier alpha value is -3.40. The highest BCUT2D eigenvalue weighted by molar-refractivity contribution is 5.93. The van der Waals surface area contributed by atoms with E-state index in [9.17, 15) is 9.59 Å². The molecule has 4 heteroatoms. The Bertz CT molecular complexity index is 1030. The summed E-state index contributed by atoms with van der Waals surface area (Å²) in [6.07, 6.45) is 0.315. The van der Waals surface area contributed by atoms with Gasteiger partial charge < -0.3 is 10.2 Å². The first-order valence-corrected chi connectivity index (χ1v) is 10.3. The fourth-order valence-corrected chi connectivity index (χ4v) is 4.32. The molecule has 152 valence electrons. The van der Waals surface area contributed by atoms with Crippen molar-refractivity contribution < 1.29 is 9.59 Å². The first kappa shape index (κ1) is 19.9. The quantitative estimate of drug-likeness (QED) is 0.595. The summed E-state index contributed by atoms with van der Waals surface area (Å²) in [5.74, 6) is -0.104. The van der Waals surface area contributed by atoms with Crippen LogP contribution in [0.2, 0.25) is 0 Å². The molecule has 3 aromatic rings. The molecule has 3 aromatic carbocycles. The molecule has 0 radical (unpaired) electrons. The third-order valence-electron chi connectivity index (χ3n) is 5.84. The SMILES string of the molecule is Cc1cccc(NC(=O)N2[C@H](c3ccccc3)CC(=O)[C@H](C)[C@@H]2c2ccccc2)c1. The number of aryl methyl sites for hydroxylation is 1. The number of nitrogens with zero attached hydrogens (tertiary/aromatic N) is 1. The monoisotopic (exact) mass is 398 g/mol. The predicted molar refractivity (Wildman–Crippen MR) is 119 cm³/mol. The van der Waals surface area contributed by atoms with Crippen LogP contribution in [0, 0.1) is 12.8 Å². The number of rotatable bonds is 3. The summed E-state index contributed by atoms with van der Waals surface area (Å²) in [7, 11) is 0. The second-order valence-electron chi connectivity index (χ2n) is 7.95. The van der Waals surface area contributed by atoms with E-state index in [1.165, 1.54) is 0 Å². The molecule has 1 N–H and O–H groups in total. The minimum atomic E-state index is -0.331. The van der Waals surface area contributed by atoms with Gasteiger partial charge >= 0.3 is 6.03 Å². The van der Waals surface area contributed by atoms with Crippen LogP contribution in [0.3, 0.4) is 0 Å². The summed E-state index contributed by atoms with van der Waals surface area (Å²) in [5.41, 5.74) is 3.77. The fourth-order valence-electron chi connectivity index (χ4n) is 4.32. The molecule has 0 aromatic heterocycles. The average Bonchev–Trinajstić information content (AvgIpc) is 2.76. The molecule has 3 atom stereocenters. The van der Waals surface area contributed by atoms with Gasteiger partial charge in [0, 0.05) is 18.0 Å². The lowest BCUT2D eigenvalue weighted by molar-refractivity contribution is -0.129. The molecule has 4 nitrogen and oxygen atoms in total. The zero-order valence-corrected chi connectivity index (χ0v) is 17.3. The molecule has 2 amide bonds. The van der Waals surface area contributed by atoms with Gasteiger partial charge in [0.05, 0.1) is 12.1 Å². The van der Waals surface area contributed by atoms with E-state index in [0.29, 0.717) is 6.42 Å². The van der Waals surface area contributed by atoms with Crippen molar-refractivity contribution in [1.82, 2.24) is 4.90 Å². The first-order valence-electron chi connectivity index (χ1n) is 10.3. The van der Waals surface area contributed by atoms with Gasteiger partial charge in [-0.25, -0.2) is 4.79 Å². The number of hydrogen-bond acceptors (Lipinski definition) is 2. The Kier molecular flexibility index (Phi) is 5.66. The van der Waals surface area contributed by atoms with Crippen LogP contribution in [-0.4, -0.2) is 16.7 Å². The van der Waals surface area contributed by atoms with Crippen LogP contribution in [0.25, 0.3) is 0 Å². The van der Waals surface area contributed by atoms with Crippen LogP contribution in [0.5, 0.6) is 0 Å². The molecule has 1 saturated heterocycles. The number of ketones is 1. The molecule has 0 saturated carbocycles. The second-order valence-corrected chi connectivity index (χ2v) is 7.95. The molecule has 0 aliphatic carbocycles. The van der Waals surface area contributed by atoms with Crippen LogP contribution >= 0.6 is 0 Å². The summed E-state index contributed by atoms with van der Waals surface area (Å²) < 4.78 is 0. The van der Waals surface area contributed by atoms with Gasteiger partial charge in [0.2, 0.25) is 0 Å². The van der Waals surface area contributed by atoms with Crippen molar-refractivity contribution >= 4 is 17.5 Å². The topological polar surface area (TPSA) is 49.4 Å². The standard InChI is InChI=1S/C26H26N2O2/c1-18-10-9-15-22(16-18)27-26(30)28-23(20-11-5-3-6-12-20)17-24(29)19(2)25(28)21-13-7-4-8-14-21/h3-16,19,23,25H,17H2,1-2H3,(H,27,30)/t19-,23-,25+/m0/s1. The molecule has 0 bridgehead atoms. The van der Waals surface area contributed by atoms with E-state index in [0.717, 1.165) is 22.4 Å². The minimum Gasteiger partial charge on any atom is -0.309 e. The molecule has 1 fully saturated rings. The highest BCUT2D eigenvalue weighted by Crippen LogP contribution is 2.43. The lowest BCUT2D eigenvalue weighted by Crippen LogP contribution is -2.49. The zero-order chi connectivity index (χ0) is 21.1. The maximum atomic E-state index is 13.6. The Balaban J connectivity index is 1.77. The summed E-state index contributed by atoms with van der Waals surface area (Å²) in [6, 6.07) is 26.6. The van der Waals surface area contributed by atoms with Gasteiger partial charge in [-0.2, -0.15) is 0 Å². The number of Topliss-reactive ketones (excluding diaryl/α,β-unsaturated/α-hetero) is 1. The number of nitrogens with one attached hydrogen (secondary N) is 1. The molecule has 1 aliphatic rings. The van der Waals surface area contributed by atoms with Crippen LogP contribution < -0.4 is 5.32 Å². The van der Waals surface area contributed by atoms with E-state index in [4.69, 9.17) is 0 Å². The number of hydrogen-bond donors (Lipinski definition) is 1. The largest absolute Gasteiger partial charge is 0.322 e. The van der Waals surface area contributed by atoms with Gasteiger partial charge in [-0.3, -0.25) is 4.79 Å². The van der Waals surface area contributed by atoms with Crippen molar-refractivity contribution in [1.29, 1.82) is 0 Å². The third kappa shape index (κ3) is 3.99. The van der Waals surface area contributed by atoms with Gasteiger partial charge in [-0.05, 0) is 35.7 Å². The van der Waals surface area contributed by atoms with E-state index < -0.39 is 0 Å². The van der Waals surface area contributed by atoms with Crippen LogP contribution in [-0.2, 0) is 4.79 Å². The summed E-state index contributed by atoms with van der Waals surface area (Å²) in [5, 5.41) is 3.06. The van der Waals surface area contributed by atoms with Crippen LogP contribution in [0.1, 0.15) is 42.1 Å². The van der Waals surface area contributed by atoms with Gasteiger partial charge in [-0.15, -0.1) is 0 Å². The van der Waals surface area contributed by atoms with Gasteiger partial charge in [0.15, 0.2) is 0 Å². The number of amides is 2. The number of piperidine rings is 1.